The van der Waals surface area contributed by atoms with Crippen LogP contribution in [0.2, 0.25) is 0 Å². The average molecular weight is 342 g/mol. The number of carbonyl (C=O) groups is 1. The van der Waals surface area contributed by atoms with Gasteiger partial charge < -0.3 is 19.7 Å². The largest absolute Gasteiger partial charge is 0.497 e. The molecule has 5 heteroatoms. The SMILES string of the molecule is COc1cccc(CN(C)C(=O)NCc2ccc(OC(C)C)cc2)c1. The van der Waals surface area contributed by atoms with Gasteiger partial charge in [-0.1, -0.05) is 24.3 Å². The predicted octanol–water partition coefficient (Wildman–Crippen LogP) is 3.82. The molecule has 0 atom stereocenters. The Hall–Kier alpha value is -2.69. The van der Waals surface area contributed by atoms with Gasteiger partial charge >= 0.3 is 6.03 Å². The summed E-state index contributed by atoms with van der Waals surface area (Å²) in [5.41, 5.74) is 2.05. The van der Waals surface area contributed by atoms with Crippen LogP contribution in [0.5, 0.6) is 11.5 Å². The Morgan fingerprint density at radius 2 is 1.80 bits per heavy atom. The van der Waals surface area contributed by atoms with Gasteiger partial charge in [0, 0.05) is 20.1 Å². The second kappa shape index (κ2) is 8.97. The van der Waals surface area contributed by atoms with Crippen LogP contribution in [0, 0.1) is 0 Å². The average Bonchev–Trinajstić information content (AvgIpc) is 2.60. The van der Waals surface area contributed by atoms with E-state index in [1.807, 2.05) is 62.4 Å². The van der Waals surface area contributed by atoms with Crippen LogP contribution in [0.15, 0.2) is 48.5 Å². The summed E-state index contributed by atoms with van der Waals surface area (Å²) in [5.74, 6) is 1.62. The third kappa shape index (κ3) is 6.03. The first-order chi connectivity index (χ1) is 12.0. The van der Waals surface area contributed by atoms with Crippen LogP contribution in [0.4, 0.5) is 4.79 Å². The van der Waals surface area contributed by atoms with E-state index < -0.39 is 0 Å². The first-order valence-electron chi connectivity index (χ1n) is 8.35. The van der Waals surface area contributed by atoms with E-state index in [0.29, 0.717) is 13.1 Å². The van der Waals surface area contributed by atoms with Crippen molar-refractivity contribution >= 4 is 6.03 Å². The summed E-state index contributed by atoms with van der Waals surface area (Å²) >= 11 is 0. The van der Waals surface area contributed by atoms with Crippen molar-refractivity contribution in [3.05, 3.63) is 59.7 Å². The Bertz CT molecular complexity index is 684. The van der Waals surface area contributed by atoms with Gasteiger partial charge in [-0.2, -0.15) is 0 Å². The normalized spacial score (nSPS) is 10.4. The second-order valence-electron chi connectivity index (χ2n) is 6.18. The van der Waals surface area contributed by atoms with E-state index in [-0.39, 0.29) is 12.1 Å². The summed E-state index contributed by atoms with van der Waals surface area (Å²) in [4.78, 5) is 13.9. The van der Waals surface area contributed by atoms with Crippen LogP contribution in [0.25, 0.3) is 0 Å². The monoisotopic (exact) mass is 342 g/mol. The van der Waals surface area contributed by atoms with Gasteiger partial charge in [0.15, 0.2) is 0 Å². The van der Waals surface area contributed by atoms with Crippen molar-refractivity contribution in [2.75, 3.05) is 14.2 Å². The van der Waals surface area contributed by atoms with Crippen LogP contribution in [0.1, 0.15) is 25.0 Å². The first-order valence-corrected chi connectivity index (χ1v) is 8.35. The highest BCUT2D eigenvalue weighted by atomic mass is 16.5. The molecule has 1 N–H and O–H groups in total. The molecule has 0 aliphatic heterocycles. The molecule has 0 saturated heterocycles. The standard InChI is InChI=1S/C20H26N2O3/c1-15(2)25-18-10-8-16(9-11-18)13-21-20(23)22(3)14-17-6-5-7-19(12-17)24-4/h5-12,15H,13-14H2,1-4H3,(H,21,23). The molecule has 0 bridgehead atoms. The van der Waals surface area contributed by atoms with Crippen molar-refractivity contribution in [3.63, 3.8) is 0 Å². The fourth-order valence-corrected chi connectivity index (χ4v) is 2.39. The van der Waals surface area contributed by atoms with Crippen LogP contribution >= 0.6 is 0 Å². The molecule has 2 amide bonds. The van der Waals surface area contributed by atoms with Crippen molar-refractivity contribution in [2.24, 2.45) is 0 Å². The van der Waals surface area contributed by atoms with Crippen LogP contribution in [0.3, 0.4) is 0 Å². The minimum atomic E-state index is -0.120. The molecule has 0 spiro atoms. The Morgan fingerprint density at radius 3 is 2.44 bits per heavy atom. The Labute approximate surface area is 149 Å². The van der Waals surface area contributed by atoms with Crippen molar-refractivity contribution in [1.29, 1.82) is 0 Å². The zero-order valence-electron chi connectivity index (χ0n) is 15.3. The smallest absolute Gasteiger partial charge is 0.317 e. The van der Waals surface area contributed by atoms with Gasteiger partial charge in [-0.15, -0.1) is 0 Å². The van der Waals surface area contributed by atoms with Gasteiger partial charge in [-0.3, -0.25) is 0 Å². The van der Waals surface area contributed by atoms with Crippen LogP contribution in [-0.2, 0) is 13.1 Å². The minimum absolute atomic E-state index is 0.120. The lowest BCUT2D eigenvalue weighted by Crippen LogP contribution is -2.36. The highest BCUT2D eigenvalue weighted by molar-refractivity contribution is 5.73. The van der Waals surface area contributed by atoms with E-state index in [1.165, 1.54) is 0 Å². The maximum absolute atomic E-state index is 12.2. The molecule has 2 aromatic rings. The highest BCUT2D eigenvalue weighted by Crippen LogP contribution is 2.15. The van der Waals surface area contributed by atoms with Gasteiger partial charge in [0.1, 0.15) is 11.5 Å². The van der Waals surface area contributed by atoms with Crippen molar-refractivity contribution in [2.45, 2.75) is 33.0 Å². The number of amides is 2. The van der Waals surface area contributed by atoms with Crippen molar-refractivity contribution < 1.29 is 14.3 Å². The first kappa shape index (κ1) is 18.6. The number of urea groups is 1. The third-order valence-electron chi connectivity index (χ3n) is 3.64. The molecule has 0 aromatic heterocycles. The Morgan fingerprint density at radius 1 is 1.08 bits per heavy atom. The summed E-state index contributed by atoms with van der Waals surface area (Å²) in [6.45, 7) is 4.98. The van der Waals surface area contributed by atoms with E-state index in [9.17, 15) is 4.79 Å². The molecule has 0 radical (unpaired) electrons. The second-order valence-corrected chi connectivity index (χ2v) is 6.18. The number of carbonyl (C=O) groups excluding carboxylic acids is 1. The van der Waals surface area contributed by atoms with Gasteiger partial charge in [0.05, 0.1) is 13.2 Å². The van der Waals surface area contributed by atoms with Crippen molar-refractivity contribution in [3.8, 4) is 11.5 Å². The number of hydrogen-bond donors (Lipinski definition) is 1. The van der Waals surface area contributed by atoms with Gasteiger partial charge in [-0.25, -0.2) is 4.79 Å². The fourth-order valence-electron chi connectivity index (χ4n) is 2.39. The van der Waals surface area contributed by atoms with Crippen molar-refractivity contribution in [1.82, 2.24) is 10.2 Å². The van der Waals surface area contributed by atoms with Crippen LogP contribution < -0.4 is 14.8 Å². The molecule has 0 unspecified atom stereocenters. The molecule has 0 fully saturated rings. The number of benzene rings is 2. The molecule has 0 aliphatic carbocycles. The quantitative estimate of drug-likeness (QED) is 0.832. The predicted molar refractivity (Wildman–Crippen MR) is 98.9 cm³/mol. The summed E-state index contributed by atoms with van der Waals surface area (Å²) in [6.07, 6.45) is 0.149. The fraction of sp³-hybridized carbons (Fsp3) is 0.350. The summed E-state index contributed by atoms with van der Waals surface area (Å²) in [5, 5.41) is 2.92. The van der Waals surface area contributed by atoms with E-state index in [2.05, 4.69) is 5.32 Å². The lowest BCUT2D eigenvalue weighted by atomic mass is 10.2. The molecule has 25 heavy (non-hydrogen) atoms. The maximum atomic E-state index is 12.2. The summed E-state index contributed by atoms with van der Waals surface area (Å²) < 4.78 is 10.8. The number of hydrogen-bond acceptors (Lipinski definition) is 3. The van der Waals surface area contributed by atoms with E-state index in [4.69, 9.17) is 9.47 Å². The number of nitrogens with zero attached hydrogens (tertiary/aromatic N) is 1. The molecule has 2 rings (SSSR count). The molecule has 5 nitrogen and oxygen atoms in total. The molecule has 0 aliphatic rings. The number of nitrogens with one attached hydrogen (secondary N) is 1. The van der Waals surface area contributed by atoms with E-state index in [0.717, 1.165) is 22.6 Å². The Balaban J connectivity index is 1.84. The third-order valence-corrected chi connectivity index (χ3v) is 3.64. The lowest BCUT2D eigenvalue weighted by molar-refractivity contribution is 0.206. The lowest BCUT2D eigenvalue weighted by Gasteiger charge is -2.18. The molecular formula is C20H26N2O3. The number of ether oxygens (including phenoxy) is 2. The molecule has 0 saturated carbocycles. The summed E-state index contributed by atoms with van der Waals surface area (Å²) in [6, 6.07) is 15.3. The zero-order valence-corrected chi connectivity index (χ0v) is 15.3. The molecular weight excluding hydrogens is 316 g/mol. The zero-order chi connectivity index (χ0) is 18.2. The topological polar surface area (TPSA) is 50.8 Å². The van der Waals surface area contributed by atoms with E-state index >= 15 is 0 Å². The summed E-state index contributed by atoms with van der Waals surface area (Å²) in [7, 11) is 3.40. The number of methoxy groups -OCH3 is 1. The van der Waals surface area contributed by atoms with Gasteiger partial charge in [0.2, 0.25) is 0 Å². The molecule has 0 heterocycles. The van der Waals surface area contributed by atoms with Gasteiger partial charge in [-0.05, 0) is 49.2 Å². The van der Waals surface area contributed by atoms with Crippen LogP contribution in [-0.4, -0.2) is 31.2 Å². The minimum Gasteiger partial charge on any atom is -0.497 e. The molecule has 2 aromatic carbocycles. The highest BCUT2D eigenvalue weighted by Gasteiger charge is 2.09. The molecule has 134 valence electrons. The maximum Gasteiger partial charge on any atom is 0.317 e. The van der Waals surface area contributed by atoms with Gasteiger partial charge in [0.25, 0.3) is 0 Å². The van der Waals surface area contributed by atoms with E-state index in [1.54, 1.807) is 19.1 Å². The Kier molecular flexibility index (Phi) is 6.69. The number of rotatable bonds is 7.